The van der Waals surface area contributed by atoms with Gasteiger partial charge in [0, 0.05) is 18.3 Å². The van der Waals surface area contributed by atoms with Gasteiger partial charge >= 0.3 is 0 Å². The Morgan fingerprint density at radius 1 is 1.10 bits per heavy atom. The zero-order chi connectivity index (χ0) is 20.7. The number of imidazole rings is 1. The Morgan fingerprint density at radius 3 is 2.73 bits per heavy atom. The molecule has 152 valence electrons. The molecule has 3 heterocycles. The van der Waals surface area contributed by atoms with Crippen LogP contribution < -0.4 is 10.1 Å². The number of hydrogen-bond acceptors (Lipinski definition) is 6. The quantitative estimate of drug-likeness (QED) is 0.424. The topological polar surface area (TPSA) is 90.8 Å². The van der Waals surface area contributed by atoms with Crippen molar-refractivity contribution in [3.8, 4) is 5.75 Å². The summed E-state index contributed by atoms with van der Waals surface area (Å²) in [5.41, 5.74) is 2.80. The third kappa shape index (κ3) is 2.96. The second-order valence-electron chi connectivity index (χ2n) is 6.63. The van der Waals surface area contributed by atoms with Crippen LogP contribution in [0.5, 0.6) is 5.75 Å². The van der Waals surface area contributed by atoms with Crippen molar-refractivity contribution < 1.29 is 9.53 Å². The van der Waals surface area contributed by atoms with Gasteiger partial charge in [0.15, 0.2) is 0 Å². The summed E-state index contributed by atoms with van der Waals surface area (Å²) in [7, 11) is 1.59. The molecule has 2 aromatic carbocycles. The molecule has 0 fully saturated rings. The molecule has 30 heavy (non-hydrogen) atoms. The van der Waals surface area contributed by atoms with Crippen molar-refractivity contribution in [2.24, 2.45) is 0 Å². The van der Waals surface area contributed by atoms with E-state index < -0.39 is 0 Å². The fraction of sp³-hybridized carbons (Fsp3) is 0.200. The summed E-state index contributed by atoms with van der Waals surface area (Å²) in [6, 6.07) is 15.4. The molecule has 1 amide bonds. The Hall–Kier alpha value is -3.53. The molecule has 5 rings (SSSR count). The van der Waals surface area contributed by atoms with E-state index in [9.17, 15) is 4.79 Å². The first kappa shape index (κ1) is 18.5. The van der Waals surface area contributed by atoms with Crippen molar-refractivity contribution in [3.05, 3.63) is 48.5 Å². The van der Waals surface area contributed by atoms with Crippen molar-refractivity contribution in [2.75, 3.05) is 18.2 Å². The van der Waals surface area contributed by atoms with Gasteiger partial charge in [0.05, 0.1) is 23.9 Å². The van der Waals surface area contributed by atoms with Crippen molar-refractivity contribution >= 4 is 45.9 Å². The highest BCUT2D eigenvalue weighted by Gasteiger charge is 2.19. The predicted octanol–water partition coefficient (Wildman–Crippen LogP) is 3.09. The van der Waals surface area contributed by atoms with Crippen LogP contribution in [0.3, 0.4) is 0 Å². The molecule has 0 atom stereocenters. The van der Waals surface area contributed by atoms with Crippen LogP contribution in [0.15, 0.2) is 53.7 Å². The number of nitrogens with zero attached hydrogens (tertiary/aromatic N) is 6. The van der Waals surface area contributed by atoms with Gasteiger partial charge in [0.1, 0.15) is 5.75 Å². The maximum Gasteiger partial charge on any atom is 0.260 e. The van der Waals surface area contributed by atoms with E-state index in [1.165, 1.54) is 11.8 Å². The second kappa shape index (κ2) is 7.38. The van der Waals surface area contributed by atoms with Crippen LogP contribution in [-0.2, 0) is 11.3 Å². The first-order valence-electron chi connectivity index (χ1n) is 9.47. The molecular formula is C20H19N7O2S. The lowest BCUT2D eigenvalue weighted by Gasteiger charge is -2.06. The predicted molar refractivity (Wildman–Crippen MR) is 115 cm³/mol. The van der Waals surface area contributed by atoms with Gasteiger partial charge in [-0.1, -0.05) is 30.0 Å². The third-order valence-corrected chi connectivity index (χ3v) is 5.76. The Balaban J connectivity index is 1.41. The fourth-order valence-electron chi connectivity index (χ4n) is 3.52. The molecule has 0 aliphatic heterocycles. The lowest BCUT2D eigenvalue weighted by molar-refractivity contribution is -0.113. The number of rotatable bonds is 6. The number of anilines is 1. The van der Waals surface area contributed by atoms with Gasteiger partial charge in [-0.2, -0.15) is 4.52 Å². The molecule has 0 radical (unpaired) electrons. The highest BCUT2D eigenvalue weighted by atomic mass is 32.2. The third-order valence-electron chi connectivity index (χ3n) is 4.84. The zero-order valence-corrected chi connectivity index (χ0v) is 17.3. The minimum Gasteiger partial charge on any atom is -0.497 e. The highest BCUT2D eigenvalue weighted by molar-refractivity contribution is 7.99. The van der Waals surface area contributed by atoms with E-state index in [0.717, 1.165) is 23.4 Å². The molecule has 0 saturated carbocycles. The van der Waals surface area contributed by atoms with Crippen LogP contribution in [0.1, 0.15) is 6.92 Å². The monoisotopic (exact) mass is 421 g/mol. The summed E-state index contributed by atoms with van der Waals surface area (Å²) in [4.78, 5) is 12.4. The van der Waals surface area contributed by atoms with E-state index in [1.807, 2.05) is 40.8 Å². The molecule has 10 heteroatoms. The van der Waals surface area contributed by atoms with E-state index in [-0.39, 0.29) is 11.7 Å². The van der Waals surface area contributed by atoms with Gasteiger partial charge < -0.3 is 14.6 Å². The molecule has 0 bridgehead atoms. The van der Waals surface area contributed by atoms with Gasteiger partial charge in [0.25, 0.3) is 5.78 Å². The van der Waals surface area contributed by atoms with Crippen molar-refractivity contribution in [3.63, 3.8) is 0 Å². The molecular weight excluding hydrogens is 402 g/mol. The largest absolute Gasteiger partial charge is 0.497 e. The van der Waals surface area contributed by atoms with Crippen molar-refractivity contribution in [1.29, 1.82) is 0 Å². The number of hydrogen-bond donors (Lipinski definition) is 1. The van der Waals surface area contributed by atoms with Crippen LogP contribution >= 0.6 is 11.8 Å². The molecule has 1 N–H and O–H groups in total. The second-order valence-corrected chi connectivity index (χ2v) is 7.57. The van der Waals surface area contributed by atoms with Crippen LogP contribution in [0.25, 0.3) is 22.6 Å². The summed E-state index contributed by atoms with van der Waals surface area (Å²) in [5.74, 6) is 2.16. The Bertz CT molecular complexity index is 1380. The summed E-state index contributed by atoms with van der Waals surface area (Å²) in [6.45, 7) is 2.87. The van der Waals surface area contributed by atoms with E-state index in [4.69, 9.17) is 9.84 Å². The number of ether oxygens (including phenoxy) is 1. The van der Waals surface area contributed by atoms with Crippen molar-refractivity contribution in [2.45, 2.75) is 18.6 Å². The Labute approximate surface area is 175 Å². The minimum atomic E-state index is -0.141. The number of nitrogens with one attached hydrogen (secondary N) is 1. The van der Waals surface area contributed by atoms with E-state index in [2.05, 4.69) is 33.1 Å². The lowest BCUT2D eigenvalue weighted by atomic mass is 10.3. The van der Waals surface area contributed by atoms with Gasteiger partial charge in [-0.05, 0) is 31.2 Å². The minimum absolute atomic E-state index is 0.141. The average Bonchev–Trinajstić information content (AvgIpc) is 3.41. The molecule has 0 aliphatic rings. The number of benzene rings is 2. The van der Waals surface area contributed by atoms with Crippen LogP contribution in [-0.4, -0.2) is 47.5 Å². The molecule has 3 aromatic heterocycles. The van der Waals surface area contributed by atoms with Gasteiger partial charge in [0.2, 0.25) is 16.8 Å². The van der Waals surface area contributed by atoms with Crippen LogP contribution in [0.4, 0.5) is 5.69 Å². The molecule has 5 aromatic rings. The van der Waals surface area contributed by atoms with E-state index in [1.54, 1.807) is 17.7 Å². The lowest BCUT2D eigenvalue weighted by Crippen LogP contribution is -2.14. The normalized spacial score (nSPS) is 11.5. The van der Waals surface area contributed by atoms with Crippen molar-refractivity contribution in [1.82, 2.24) is 28.8 Å². The summed E-state index contributed by atoms with van der Waals surface area (Å²) >= 11 is 1.29. The number of aromatic nitrogens is 6. The summed E-state index contributed by atoms with van der Waals surface area (Å²) in [5, 5.41) is 16.7. The van der Waals surface area contributed by atoms with Gasteiger partial charge in [-0.25, -0.2) is 4.40 Å². The molecule has 0 saturated heterocycles. The molecule has 0 unspecified atom stereocenters. The van der Waals surface area contributed by atoms with Gasteiger partial charge in [-0.15, -0.1) is 15.3 Å². The number of fused-ring (bicyclic) bond motifs is 5. The SMILES string of the molecule is CCn1c2ccccc2n2c1nn1c(SCC(=O)Nc3cccc(OC)c3)nnc12. The Kier molecular flexibility index (Phi) is 4.55. The maximum atomic E-state index is 12.4. The standard InChI is InChI=1S/C20H19N7O2S/c1-3-25-15-9-4-5-10-16(15)26-18-22-23-20(27(18)24-19(25)26)30-12-17(28)21-13-7-6-8-14(11-13)29-2/h4-11H,3,12H2,1-2H3,(H,21,28). The first-order valence-corrected chi connectivity index (χ1v) is 10.5. The van der Waals surface area contributed by atoms with Crippen LogP contribution in [0.2, 0.25) is 0 Å². The number of methoxy groups -OCH3 is 1. The smallest absolute Gasteiger partial charge is 0.260 e. The summed E-state index contributed by atoms with van der Waals surface area (Å²) in [6.07, 6.45) is 0. The molecule has 0 spiro atoms. The van der Waals surface area contributed by atoms with E-state index >= 15 is 0 Å². The number of thioether (sulfide) groups is 1. The number of carbonyl (C=O) groups excluding carboxylic acids is 1. The number of aryl methyl sites for hydroxylation is 1. The average molecular weight is 421 g/mol. The van der Waals surface area contributed by atoms with Crippen LogP contribution in [0, 0.1) is 0 Å². The number of para-hydroxylation sites is 2. The molecule has 9 nitrogen and oxygen atoms in total. The number of carbonyl (C=O) groups is 1. The van der Waals surface area contributed by atoms with Gasteiger partial charge in [-0.3, -0.25) is 4.79 Å². The maximum absolute atomic E-state index is 12.4. The van der Waals surface area contributed by atoms with E-state index in [0.29, 0.717) is 22.4 Å². The number of amides is 1. The Morgan fingerprint density at radius 2 is 1.93 bits per heavy atom. The first-order chi connectivity index (χ1) is 14.7. The molecule has 0 aliphatic carbocycles. The highest BCUT2D eigenvalue weighted by Crippen LogP contribution is 2.25. The zero-order valence-electron chi connectivity index (χ0n) is 16.4. The fourth-order valence-corrected chi connectivity index (χ4v) is 4.19. The summed E-state index contributed by atoms with van der Waals surface area (Å²) < 4.78 is 11.0.